The highest BCUT2D eigenvalue weighted by Gasteiger charge is 2.13. The molecule has 120 valence electrons. The first-order valence-corrected chi connectivity index (χ1v) is 5.78. The Balaban J connectivity index is 0.000000313. The number of aliphatic carboxylic acids is 1. The minimum atomic E-state index is -1.37. The van der Waals surface area contributed by atoms with E-state index >= 15 is 0 Å². The molecule has 2 rings (SSSR count). The van der Waals surface area contributed by atoms with Crippen molar-refractivity contribution in [2.75, 3.05) is 0 Å². The summed E-state index contributed by atoms with van der Waals surface area (Å²) in [5, 5.41) is 17.4. The van der Waals surface area contributed by atoms with Gasteiger partial charge in [-0.05, 0) is 12.1 Å². The van der Waals surface area contributed by atoms with Crippen LogP contribution in [0.15, 0.2) is 36.4 Å². The second-order valence-corrected chi connectivity index (χ2v) is 3.89. The van der Waals surface area contributed by atoms with E-state index in [1.165, 1.54) is 0 Å². The molecule has 0 spiro atoms. The molecule has 1 aliphatic heterocycles. The van der Waals surface area contributed by atoms with E-state index in [4.69, 9.17) is 10.2 Å². The maximum atomic E-state index is 12.7. The SMILES string of the molecule is O=C(O)/C=C/C(=O)c1cc(F)c(F)cc1O.O=C1C=CC(=O)O1. The van der Waals surface area contributed by atoms with Gasteiger partial charge in [-0.1, -0.05) is 0 Å². The van der Waals surface area contributed by atoms with Crippen LogP contribution in [0.5, 0.6) is 5.75 Å². The summed E-state index contributed by atoms with van der Waals surface area (Å²) in [4.78, 5) is 41.2. The Morgan fingerprint density at radius 2 is 1.52 bits per heavy atom. The normalized spacial score (nSPS) is 12.8. The number of carbonyl (C=O) groups excluding carboxylic acids is 3. The van der Waals surface area contributed by atoms with Crippen molar-refractivity contribution in [1.82, 2.24) is 0 Å². The van der Waals surface area contributed by atoms with Gasteiger partial charge in [0.2, 0.25) is 0 Å². The number of cyclic esters (lactones) is 2. The van der Waals surface area contributed by atoms with Crippen molar-refractivity contribution in [3.63, 3.8) is 0 Å². The molecular weight excluding hydrogens is 318 g/mol. The fourth-order valence-electron chi connectivity index (χ4n) is 1.27. The van der Waals surface area contributed by atoms with Gasteiger partial charge in [-0.3, -0.25) is 4.79 Å². The van der Waals surface area contributed by atoms with Crippen LogP contribution in [-0.4, -0.2) is 33.9 Å². The zero-order chi connectivity index (χ0) is 17.6. The third-order valence-electron chi connectivity index (χ3n) is 2.24. The molecule has 1 aliphatic rings. The summed E-state index contributed by atoms with van der Waals surface area (Å²) in [6.07, 6.45) is 3.34. The summed E-state index contributed by atoms with van der Waals surface area (Å²) < 4.78 is 29.3. The number of benzene rings is 1. The van der Waals surface area contributed by atoms with Gasteiger partial charge >= 0.3 is 17.9 Å². The van der Waals surface area contributed by atoms with E-state index in [1.807, 2.05) is 0 Å². The van der Waals surface area contributed by atoms with Crippen molar-refractivity contribution in [3.8, 4) is 5.75 Å². The Hall–Kier alpha value is -3.36. The molecule has 0 fully saturated rings. The standard InChI is InChI=1S/C10H6F2O4.C4H2O3/c11-6-3-5(9(14)4-7(6)12)8(13)1-2-10(15)16;5-3-1-2-4(6)7-3/h1-4,14H,(H,15,16);1-2H/b2-1+;. The van der Waals surface area contributed by atoms with Crippen LogP contribution >= 0.6 is 0 Å². The van der Waals surface area contributed by atoms with Crippen LogP contribution in [0, 0.1) is 11.6 Å². The minimum Gasteiger partial charge on any atom is -0.507 e. The fraction of sp³-hybridized carbons (Fsp3) is 0. The number of halogens is 2. The van der Waals surface area contributed by atoms with Gasteiger partial charge in [0.05, 0.1) is 5.56 Å². The highest BCUT2D eigenvalue weighted by Crippen LogP contribution is 2.21. The number of ether oxygens (including phenoxy) is 1. The van der Waals surface area contributed by atoms with Crippen molar-refractivity contribution in [1.29, 1.82) is 0 Å². The lowest BCUT2D eigenvalue weighted by atomic mass is 10.1. The summed E-state index contributed by atoms with van der Waals surface area (Å²) in [6.45, 7) is 0. The molecule has 0 aliphatic carbocycles. The Labute approximate surface area is 127 Å². The number of carboxylic acid groups (broad SMARTS) is 1. The highest BCUT2D eigenvalue weighted by atomic mass is 19.2. The Bertz CT molecular complexity index is 719. The Kier molecular flexibility index (Phi) is 5.84. The summed E-state index contributed by atoms with van der Waals surface area (Å²) in [7, 11) is 0. The van der Waals surface area contributed by atoms with Crippen LogP contribution < -0.4 is 0 Å². The highest BCUT2D eigenvalue weighted by molar-refractivity contribution is 6.08. The van der Waals surface area contributed by atoms with Crippen LogP contribution in [0.2, 0.25) is 0 Å². The maximum Gasteiger partial charge on any atom is 0.338 e. The summed E-state index contributed by atoms with van der Waals surface area (Å²) in [5.41, 5.74) is -0.503. The van der Waals surface area contributed by atoms with Gasteiger partial charge in [0.25, 0.3) is 0 Å². The molecular formula is C14H8F2O7. The van der Waals surface area contributed by atoms with E-state index in [0.717, 1.165) is 12.2 Å². The molecule has 0 saturated carbocycles. The smallest absolute Gasteiger partial charge is 0.338 e. The summed E-state index contributed by atoms with van der Waals surface area (Å²) >= 11 is 0. The van der Waals surface area contributed by atoms with E-state index in [9.17, 15) is 28.0 Å². The molecule has 2 N–H and O–H groups in total. The van der Waals surface area contributed by atoms with Crippen LogP contribution in [0.25, 0.3) is 0 Å². The molecule has 0 radical (unpaired) electrons. The number of aromatic hydroxyl groups is 1. The van der Waals surface area contributed by atoms with E-state index in [0.29, 0.717) is 24.3 Å². The zero-order valence-corrected chi connectivity index (χ0v) is 11.2. The van der Waals surface area contributed by atoms with Crippen LogP contribution in [0.1, 0.15) is 10.4 Å². The number of phenolic OH excluding ortho intramolecular Hbond substituents is 1. The molecule has 7 nitrogen and oxygen atoms in total. The average molecular weight is 326 g/mol. The van der Waals surface area contributed by atoms with Crippen LogP contribution in [-0.2, 0) is 19.1 Å². The molecule has 0 amide bonds. The van der Waals surface area contributed by atoms with E-state index in [-0.39, 0.29) is 0 Å². The van der Waals surface area contributed by atoms with Gasteiger partial charge in [-0.25, -0.2) is 23.2 Å². The Morgan fingerprint density at radius 3 is 1.96 bits per heavy atom. The molecule has 23 heavy (non-hydrogen) atoms. The van der Waals surface area contributed by atoms with Gasteiger partial charge in [0.15, 0.2) is 17.4 Å². The molecule has 0 saturated heterocycles. The fourth-order valence-corrected chi connectivity index (χ4v) is 1.27. The third kappa shape index (κ3) is 5.50. The lowest BCUT2D eigenvalue weighted by molar-refractivity contribution is -0.150. The number of hydrogen-bond acceptors (Lipinski definition) is 6. The number of esters is 2. The van der Waals surface area contributed by atoms with Crippen molar-refractivity contribution >= 4 is 23.7 Å². The third-order valence-corrected chi connectivity index (χ3v) is 2.24. The van der Waals surface area contributed by atoms with Crippen LogP contribution in [0.3, 0.4) is 0 Å². The van der Waals surface area contributed by atoms with Gasteiger partial charge in [0.1, 0.15) is 5.75 Å². The predicted octanol–water partition coefficient (Wildman–Crippen LogP) is 1.12. The van der Waals surface area contributed by atoms with Crippen molar-refractivity contribution < 1.29 is 42.9 Å². The average Bonchev–Trinajstić information content (AvgIpc) is 2.84. The second kappa shape index (κ2) is 7.59. The molecule has 1 aromatic carbocycles. The quantitative estimate of drug-likeness (QED) is 0.370. The summed E-state index contributed by atoms with van der Waals surface area (Å²) in [5.74, 6) is -6.80. The van der Waals surface area contributed by atoms with Crippen LogP contribution in [0.4, 0.5) is 8.78 Å². The van der Waals surface area contributed by atoms with E-state index in [1.54, 1.807) is 0 Å². The lowest BCUT2D eigenvalue weighted by Gasteiger charge is -2.01. The number of ketones is 1. The molecule has 9 heteroatoms. The minimum absolute atomic E-state index is 0.442. The van der Waals surface area contributed by atoms with Crippen molar-refractivity contribution in [3.05, 3.63) is 53.6 Å². The number of allylic oxidation sites excluding steroid dienone is 1. The number of rotatable bonds is 3. The maximum absolute atomic E-state index is 12.7. The number of phenols is 1. The monoisotopic (exact) mass is 326 g/mol. The molecule has 0 unspecified atom stereocenters. The van der Waals surface area contributed by atoms with Crippen molar-refractivity contribution in [2.45, 2.75) is 0 Å². The Morgan fingerprint density at radius 1 is 1.00 bits per heavy atom. The first-order valence-electron chi connectivity index (χ1n) is 5.78. The van der Waals surface area contributed by atoms with E-state index in [2.05, 4.69) is 4.74 Å². The lowest BCUT2D eigenvalue weighted by Crippen LogP contribution is -1.99. The topological polar surface area (TPSA) is 118 Å². The molecule has 0 bridgehead atoms. The first-order chi connectivity index (χ1) is 10.7. The van der Waals surface area contributed by atoms with Crippen molar-refractivity contribution in [2.24, 2.45) is 0 Å². The largest absolute Gasteiger partial charge is 0.507 e. The van der Waals surface area contributed by atoms with E-state index < -0.39 is 46.6 Å². The molecule has 1 aromatic rings. The van der Waals surface area contributed by atoms with Gasteiger partial charge in [0, 0.05) is 24.3 Å². The summed E-state index contributed by atoms with van der Waals surface area (Å²) in [6, 6.07) is 0.941. The zero-order valence-electron chi connectivity index (χ0n) is 11.2. The number of hydrogen-bond donors (Lipinski definition) is 2. The van der Waals surface area contributed by atoms with Gasteiger partial charge in [-0.2, -0.15) is 0 Å². The van der Waals surface area contributed by atoms with Gasteiger partial charge in [-0.15, -0.1) is 0 Å². The molecule has 0 atom stereocenters. The second-order valence-electron chi connectivity index (χ2n) is 3.89. The molecule has 1 heterocycles. The van der Waals surface area contributed by atoms with Gasteiger partial charge < -0.3 is 14.9 Å². The molecule has 0 aromatic heterocycles. The predicted molar refractivity (Wildman–Crippen MR) is 69.4 cm³/mol. The number of carbonyl (C=O) groups is 4. The first kappa shape index (κ1) is 17.7. The number of carboxylic acids is 1.